The molecule has 1 N–H and O–H groups in total. The van der Waals surface area contributed by atoms with E-state index in [1.165, 1.54) is 6.07 Å². The molecule has 0 aromatic carbocycles. The number of halogens is 4. The average molecular weight is 306 g/mol. The zero-order chi connectivity index (χ0) is 14.8. The molecule has 2 aromatic rings. The van der Waals surface area contributed by atoms with Gasteiger partial charge in [-0.05, 0) is 0 Å². The van der Waals surface area contributed by atoms with Gasteiger partial charge < -0.3 is 9.88 Å². The SMILES string of the molecule is Cn1ccnc1CCNc1cc(Cl)nc(C(F)(F)F)n1. The lowest BCUT2D eigenvalue weighted by Crippen LogP contribution is -2.15. The summed E-state index contributed by atoms with van der Waals surface area (Å²) in [5.41, 5.74) is 0. The molecule has 0 aliphatic carbocycles. The first-order chi connectivity index (χ1) is 9.36. The number of hydrogen-bond donors (Lipinski definition) is 1. The average Bonchev–Trinajstić information content (AvgIpc) is 2.73. The predicted octanol–water partition coefficient (Wildman–Crippen LogP) is 2.54. The molecule has 0 saturated carbocycles. The highest BCUT2D eigenvalue weighted by molar-refractivity contribution is 6.29. The number of nitrogens with zero attached hydrogens (tertiary/aromatic N) is 4. The molecule has 2 rings (SSSR count). The number of anilines is 1. The fourth-order valence-corrected chi connectivity index (χ4v) is 1.76. The van der Waals surface area contributed by atoms with E-state index in [9.17, 15) is 13.2 Å². The molecule has 2 heterocycles. The third kappa shape index (κ3) is 3.60. The van der Waals surface area contributed by atoms with Gasteiger partial charge in [0.1, 0.15) is 16.8 Å². The monoisotopic (exact) mass is 305 g/mol. The third-order valence-corrected chi connectivity index (χ3v) is 2.72. The van der Waals surface area contributed by atoms with Crippen LogP contribution in [0.5, 0.6) is 0 Å². The van der Waals surface area contributed by atoms with Crippen LogP contribution >= 0.6 is 11.6 Å². The quantitative estimate of drug-likeness (QED) is 0.882. The molecule has 5 nitrogen and oxygen atoms in total. The summed E-state index contributed by atoms with van der Waals surface area (Å²) in [5, 5.41) is 2.52. The van der Waals surface area contributed by atoms with E-state index in [0.717, 1.165) is 5.82 Å². The molecule has 0 amide bonds. The van der Waals surface area contributed by atoms with E-state index in [-0.39, 0.29) is 11.0 Å². The first-order valence-corrected chi connectivity index (χ1v) is 6.06. The van der Waals surface area contributed by atoms with Crippen molar-refractivity contribution < 1.29 is 13.2 Å². The van der Waals surface area contributed by atoms with Gasteiger partial charge in [0.25, 0.3) is 0 Å². The Bertz CT molecular complexity index is 596. The number of nitrogens with one attached hydrogen (secondary N) is 1. The zero-order valence-electron chi connectivity index (χ0n) is 10.4. The van der Waals surface area contributed by atoms with Gasteiger partial charge in [0, 0.05) is 38.5 Å². The van der Waals surface area contributed by atoms with E-state index in [1.54, 1.807) is 12.4 Å². The minimum Gasteiger partial charge on any atom is -0.369 e. The van der Waals surface area contributed by atoms with Crippen molar-refractivity contribution in [2.75, 3.05) is 11.9 Å². The molecule has 0 aliphatic heterocycles. The van der Waals surface area contributed by atoms with E-state index < -0.39 is 12.0 Å². The number of imidazole rings is 1. The Balaban J connectivity index is 2.03. The Morgan fingerprint density at radius 3 is 2.70 bits per heavy atom. The summed E-state index contributed by atoms with van der Waals surface area (Å²) in [7, 11) is 1.84. The predicted molar refractivity (Wildman–Crippen MR) is 67.4 cm³/mol. The summed E-state index contributed by atoms with van der Waals surface area (Å²) in [4.78, 5) is 10.6. The number of aryl methyl sites for hydroxylation is 1. The molecule has 108 valence electrons. The van der Waals surface area contributed by atoms with E-state index in [2.05, 4.69) is 20.3 Å². The molecule has 2 aromatic heterocycles. The van der Waals surface area contributed by atoms with Gasteiger partial charge in [-0.1, -0.05) is 11.6 Å². The summed E-state index contributed by atoms with van der Waals surface area (Å²) in [6.45, 7) is 0.384. The number of hydrogen-bond acceptors (Lipinski definition) is 4. The molecule has 0 saturated heterocycles. The summed E-state index contributed by atoms with van der Waals surface area (Å²) >= 11 is 5.55. The van der Waals surface area contributed by atoms with Crippen molar-refractivity contribution >= 4 is 17.4 Å². The van der Waals surface area contributed by atoms with Crippen LogP contribution < -0.4 is 5.32 Å². The number of aromatic nitrogens is 4. The van der Waals surface area contributed by atoms with E-state index >= 15 is 0 Å². The fraction of sp³-hybridized carbons (Fsp3) is 0.364. The molecule has 0 atom stereocenters. The van der Waals surface area contributed by atoms with Gasteiger partial charge in [-0.25, -0.2) is 15.0 Å². The normalized spacial score (nSPS) is 11.7. The van der Waals surface area contributed by atoms with Crippen molar-refractivity contribution in [1.29, 1.82) is 0 Å². The van der Waals surface area contributed by atoms with Crippen LogP contribution in [-0.2, 0) is 19.6 Å². The second kappa shape index (κ2) is 5.66. The molecular formula is C11H11ClF3N5. The first-order valence-electron chi connectivity index (χ1n) is 5.68. The summed E-state index contributed by atoms with van der Waals surface area (Å²) in [5.74, 6) is -0.412. The molecule has 9 heteroatoms. The van der Waals surface area contributed by atoms with Gasteiger partial charge in [-0.2, -0.15) is 13.2 Å². The molecule has 0 fully saturated rings. The highest BCUT2D eigenvalue weighted by Crippen LogP contribution is 2.28. The maximum atomic E-state index is 12.5. The van der Waals surface area contributed by atoms with Crippen LogP contribution in [0.2, 0.25) is 5.15 Å². The van der Waals surface area contributed by atoms with Crippen molar-refractivity contribution in [2.45, 2.75) is 12.6 Å². The highest BCUT2D eigenvalue weighted by atomic mass is 35.5. The van der Waals surface area contributed by atoms with Gasteiger partial charge in [-0.3, -0.25) is 0 Å². The lowest BCUT2D eigenvalue weighted by molar-refractivity contribution is -0.144. The molecular weight excluding hydrogens is 295 g/mol. The molecule has 20 heavy (non-hydrogen) atoms. The van der Waals surface area contributed by atoms with Crippen LogP contribution in [0.25, 0.3) is 0 Å². The van der Waals surface area contributed by atoms with Crippen molar-refractivity contribution in [1.82, 2.24) is 19.5 Å². The molecule has 0 unspecified atom stereocenters. The number of alkyl halides is 3. The molecule has 0 bridgehead atoms. The van der Waals surface area contributed by atoms with E-state index in [4.69, 9.17) is 11.6 Å². The van der Waals surface area contributed by atoms with Crippen molar-refractivity contribution in [3.63, 3.8) is 0 Å². The fourth-order valence-electron chi connectivity index (χ4n) is 1.57. The second-order valence-corrected chi connectivity index (χ2v) is 4.42. The van der Waals surface area contributed by atoms with Crippen molar-refractivity contribution in [2.24, 2.45) is 7.05 Å². The Kier molecular flexibility index (Phi) is 4.12. The second-order valence-electron chi connectivity index (χ2n) is 4.03. The van der Waals surface area contributed by atoms with E-state index in [1.807, 2.05) is 11.6 Å². The van der Waals surface area contributed by atoms with Crippen LogP contribution in [0.4, 0.5) is 19.0 Å². The van der Waals surface area contributed by atoms with Gasteiger partial charge in [0.05, 0.1) is 0 Å². The van der Waals surface area contributed by atoms with Gasteiger partial charge in [-0.15, -0.1) is 0 Å². The minimum atomic E-state index is -4.62. The Morgan fingerprint density at radius 2 is 2.10 bits per heavy atom. The molecule has 0 spiro atoms. The summed E-state index contributed by atoms with van der Waals surface area (Å²) < 4.78 is 39.4. The zero-order valence-corrected chi connectivity index (χ0v) is 11.2. The van der Waals surface area contributed by atoms with Crippen LogP contribution in [0.3, 0.4) is 0 Å². The first kappa shape index (κ1) is 14.6. The van der Waals surface area contributed by atoms with Gasteiger partial charge in [0.2, 0.25) is 5.82 Å². The smallest absolute Gasteiger partial charge is 0.369 e. The van der Waals surface area contributed by atoms with Crippen molar-refractivity contribution in [3.8, 4) is 0 Å². The van der Waals surface area contributed by atoms with E-state index in [0.29, 0.717) is 13.0 Å². The third-order valence-electron chi connectivity index (χ3n) is 2.52. The lowest BCUT2D eigenvalue weighted by atomic mass is 10.4. The Labute approximate surface area is 117 Å². The maximum Gasteiger partial charge on any atom is 0.451 e. The summed E-state index contributed by atoms with van der Waals surface area (Å²) in [6, 6.07) is 1.25. The highest BCUT2D eigenvalue weighted by Gasteiger charge is 2.35. The van der Waals surface area contributed by atoms with Crippen LogP contribution in [0, 0.1) is 0 Å². The summed E-state index contributed by atoms with van der Waals surface area (Å²) in [6.07, 6.45) is -0.634. The Morgan fingerprint density at radius 1 is 1.35 bits per heavy atom. The van der Waals surface area contributed by atoms with Crippen LogP contribution in [0.1, 0.15) is 11.6 Å². The van der Waals surface area contributed by atoms with Crippen LogP contribution in [0.15, 0.2) is 18.5 Å². The van der Waals surface area contributed by atoms with Crippen molar-refractivity contribution in [3.05, 3.63) is 35.3 Å². The topological polar surface area (TPSA) is 55.6 Å². The maximum absolute atomic E-state index is 12.5. The molecule has 0 radical (unpaired) electrons. The minimum absolute atomic E-state index is 0.0338. The Hall–Kier alpha value is -1.83. The standard InChI is InChI=1S/C11H11ClF3N5/c1-20-5-4-17-9(20)2-3-16-8-6-7(12)18-10(19-8)11(13,14)15/h4-6H,2-3H2,1H3,(H,16,18,19). The largest absolute Gasteiger partial charge is 0.451 e. The van der Waals surface area contributed by atoms with Crippen LogP contribution in [-0.4, -0.2) is 26.1 Å². The lowest BCUT2D eigenvalue weighted by Gasteiger charge is -2.09. The number of rotatable bonds is 4. The van der Waals surface area contributed by atoms with Gasteiger partial charge >= 0.3 is 6.18 Å². The van der Waals surface area contributed by atoms with Gasteiger partial charge in [0.15, 0.2) is 0 Å². The molecule has 0 aliphatic rings.